The third-order valence-electron chi connectivity index (χ3n) is 3.73. The first kappa shape index (κ1) is 20.3. The van der Waals surface area contributed by atoms with Crippen LogP contribution < -0.4 is 15.5 Å². The third kappa shape index (κ3) is 6.00. The molecule has 0 saturated carbocycles. The zero-order valence-corrected chi connectivity index (χ0v) is 15.7. The Labute approximate surface area is 162 Å². The smallest absolute Gasteiger partial charge is 0.240 e. The van der Waals surface area contributed by atoms with Crippen molar-refractivity contribution in [1.82, 2.24) is 5.43 Å². The van der Waals surface area contributed by atoms with Crippen molar-refractivity contribution in [3.05, 3.63) is 52.5 Å². The van der Waals surface area contributed by atoms with Crippen molar-refractivity contribution in [2.45, 2.75) is 19.8 Å². The fourth-order valence-corrected chi connectivity index (χ4v) is 2.37. The van der Waals surface area contributed by atoms with Crippen molar-refractivity contribution in [2.24, 2.45) is 5.10 Å². The fraction of sp³-hybridized carbons (Fsp3) is 0.211. The summed E-state index contributed by atoms with van der Waals surface area (Å²) >= 11 is 6.01. The van der Waals surface area contributed by atoms with Gasteiger partial charge in [0.2, 0.25) is 11.8 Å². The van der Waals surface area contributed by atoms with Crippen LogP contribution in [0.15, 0.2) is 41.5 Å². The zero-order chi connectivity index (χ0) is 19.8. The number of benzene rings is 2. The normalized spacial score (nSPS) is 10.6. The van der Waals surface area contributed by atoms with E-state index < -0.39 is 5.91 Å². The van der Waals surface area contributed by atoms with E-state index in [1.165, 1.54) is 19.4 Å². The van der Waals surface area contributed by atoms with E-state index >= 15 is 0 Å². The molecule has 3 N–H and O–H groups in total. The van der Waals surface area contributed by atoms with Gasteiger partial charge in [-0.1, -0.05) is 17.7 Å². The molecule has 0 aliphatic heterocycles. The van der Waals surface area contributed by atoms with Crippen LogP contribution in [0.25, 0.3) is 0 Å². The van der Waals surface area contributed by atoms with Gasteiger partial charge in [-0.3, -0.25) is 9.59 Å². The molecule has 0 atom stereocenters. The van der Waals surface area contributed by atoms with Gasteiger partial charge in [0, 0.05) is 23.6 Å². The average molecular weight is 390 g/mol. The number of ether oxygens (including phenoxy) is 1. The summed E-state index contributed by atoms with van der Waals surface area (Å²) in [4.78, 5) is 23.8. The van der Waals surface area contributed by atoms with Gasteiger partial charge < -0.3 is 15.2 Å². The molecule has 0 fully saturated rings. The lowest BCUT2D eigenvalue weighted by Gasteiger charge is -2.09. The Morgan fingerprint density at radius 2 is 1.96 bits per heavy atom. The Morgan fingerprint density at radius 1 is 1.22 bits per heavy atom. The van der Waals surface area contributed by atoms with E-state index in [9.17, 15) is 14.7 Å². The second kappa shape index (κ2) is 9.59. The van der Waals surface area contributed by atoms with Crippen molar-refractivity contribution < 1.29 is 19.4 Å². The lowest BCUT2D eigenvalue weighted by molar-refractivity contribution is -0.124. The Hall–Kier alpha value is -3.06. The molecule has 0 radical (unpaired) electrons. The van der Waals surface area contributed by atoms with Gasteiger partial charge in [0.15, 0.2) is 11.5 Å². The average Bonchev–Trinajstić information content (AvgIpc) is 2.65. The Morgan fingerprint density at radius 3 is 2.70 bits per heavy atom. The Balaban J connectivity index is 1.80. The van der Waals surface area contributed by atoms with Gasteiger partial charge in [-0.2, -0.15) is 5.10 Å². The van der Waals surface area contributed by atoms with Crippen molar-refractivity contribution >= 4 is 35.3 Å². The second-order valence-electron chi connectivity index (χ2n) is 5.69. The molecule has 27 heavy (non-hydrogen) atoms. The third-order valence-corrected chi connectivity index (χ3v) is 4.14. The molecule has 0 heterocycles. The molecule has 142 valence electrons. The highest BCUT2D eigenvalue weighted by atomic mass is 35.5. The van der Waals surface area contributed by atoms with Crippen molar-refractivity contribution in [2.75, 3.05) is 12.4 Å². The van der Waals surface area contributed by atoms with Crippen LogP contribution in [0.4, 0.5) is 5.69 Å². The summed E-state index contributed by atoms with van der Waals surface area (Å²) < 4.78 is 4.99. The summed E-state index contributed by atoms with van der Waals surface area (Å²) in [6.07, 6.45) is 1.41. The number of nitrogens with one attached hydrogen (secondary N) is 2. The van der Waals surface area contributed by atoms with Crippen LogP contribution in [0, 0.1) is 6.92 Å². The number of phenols is 1. The van der Waals surface area contributed by atoms with Crippen LogP contribution in [0.1, 0.15) is 24.0 Å². The van der Waals surface area contributed by atoms with Gasteiger partial charge in [0.1, 0.15) is 0 Å². The van der Waals surface area contributed by atoms with Crippen molar-refractivity contribution in [3.63, 3.8) is 0 Å². The van der Waals surface area contributed by atoms with Crippen LogP contribution in [-0.2, 0) is 9.59 Å². The van der Waals surface area contributed by atoms with E-state index in [-0.39, 0.29) is 24.5 Å². The maximum atomic E-state index is 12.0. The van der Waals surface area contributed by atoms with Crippen molar-refractivity contribution in [1.29, 1.82) is 0 Å². The van der Waals surface area contributed by atoms with Crippen LogP contribution >= 0.6 is 11.6 Å². The molecular formula is C19H20ClN3O4. The molecule has 8 heteroatoms. The highest BCUT2D eigenvalue weighted by molar-refractivity contribution is 6.31. The first-order valence-corrected chi connectivity index (χ1v) is 8.52. The van der Waals surface area contributed by atoms with Crippen LogP contribution in [-0.4, -0.2) is 30.2 Å². The summed E-state index contributed by atoms with van der Waals surface area (Å²) in [5.41, 5.74) is 4.37. The Bertz CT molecular complexity index is 868. The quantitative estimate of drug-likeness (QED) is 0.500. The summed E-state index contributed by atoms with van der Waals surface area (Å²) in [6.45, 7) is 1.80. The molecule has 0 aliphatic carbocycles. The largest absolute Gasteiger partial charge is 0.504 e. The molecule has 2 aromatic rings. The number of nitrogens with zero attached hydrogens (tertiary/aromatic N) is 1. The van der Waals surface area contributed by atoms with Gasteiger partial charge in [-0.05, 0) is 48.4 Å². The molecule has 0 aliphatic rings. The summed E-state index contributed by atoms with van der Waals surface area (Å²) in [5.74, 6) is -0.365. The van der Waals surface area contributed by atoms with Gasteiger partial charge in [-0.25, -0.2) is 5.43 Å². The lowest BCUT2D eigenvalue weighted by atomic mass is 10.2. The first-order chi connectivity index (χ1) is 12.9. The maximum absolute atomic E-state index is 12.0. The molecule has 0 bridgehead atoms. The fourth-order valence-electron chi connectivity index (χ4n) is 2.19. The minimum Gasteiger partial charge on any atom is -0.504 e. The molecule has 2 rings (SSSR count). The monoisotopic (exact) mass is 389 g/mol. The molecule has 2 aromatic carbocycles. The topological polar surface area (TPSA) is 100 Å². The maximum Gasteiger partial charge on any atom is 0.240 e. The van der Waals surface area contributed by atoms with E-state index in [0.717, 1.165) is 5.56 Å². The van der Waals surface area contributed by atoms with E-state index in [1.54, 1.807) is 37.3 Å². The SMILES string of the molecule is COc1cc(/C=N\NC(=O)CCC(=O)Nc2cccc(Cl)c2C)ccc1O. The van der Waals surface area contributed by atoms with Crippen molar-refractivity contribution in [3.8, 4) is 11.5 Å². The minimum atomic E-state index is -0.394. The number of methoxy groups -OCH3 is 1. The number of carbonyl (C=O) groups is 2. The van der Waals surface area contributed by atoms with E-state index in [4.69, 9.17) is 16.3 Å². The van der Waals surface area contributed by atoms with Crippen LogP contribution in [0.2, 0.25) is 5.02 Å². The number of phenolic OH excluding ortho intramolecular Hbond substituents is 1. The molecule has 0 spiro atoms. The minimum absolute atomic E-state index is 0.0122. The second-order valence-corrected chi connectivity index (χ2v) is 6.09. The number of rotatable bonds is 7. The number of carbonyl (C=O) groups excluding carboxylic acids is 2. The summed E-state index contributed by atoms with van der Waals surface area (Å²) in [5, 5.41) is 16.6. The van der Waals surface area contributed by atoms with Gasteiger partial charge >= 0.3 is 0 Å². The molecule has 0 unspecified atom stereocenters. The predicted octanol–water partition coefficient (Wildman–Crippen LogP) is 3.23. The number of hydrazone groups is 1. The van der Waals surface area contributed by atoms with Crippen LogP contribution in [0.3, 0.4) is 0 Å². The molecule has 2 amide bonds. The van der Waals surface area contributed by atoms with Gasteiger partial charge in [0.05, 0.1) is 13.3 Å². The number of hydrogen-bond acceptors (Lipinski definition) is 5. The lowest BCUT2D eigenvalue weighted by Crippen LogP contribution is -2.20. The molecule has 0 aromatic heterocycles. The standard InChI is InChI=1S/C19H20ClN3O4/c1-12-14(20)4-3-5-15(12)22-18(25)8-9-19(26)23-21-11-13-6-7-16(24)17(10-13)27-2/h3-7,10-11,24H,8-9H2,1-2H3,(H,22,25)(H,23,26)/b21-11-. The first-order valence-electron chi connectivity index (χ1n) is 8.14. The van der Waals surface area contributed by atoms with E-state index in [0.29, 0.717) is 22.0 Å². The Kier molecular flexibility index (Phi) is 7.19. The number of halogens is 1. The number of hydrogen-bond donors (Lipinski definition) is 3. The van der Waals surface area contributed by atoms with E-state index in [2.05, 4.69) is 15.8 Å². The summed E-state index contributed by atoms with van der Waals surface area (Å²) in [6, 6.07) is 9.88. The number of anilines is 1. The highest BCUT2D eigenvalue weighted by Crippen LogP contribution is 2.25. The van der Waals surface area contributed by atoms with Crippen LogP contribution in [0.5, 0.6) is 11.5 Å². The van der Waals surface area contributed by atoms with Gasteiger partial charge in [0.25, 0.3) is 0 Å². The zero-order valence-electron chi connectivity index (χ0n) is 15.0. The molecule has 0 saturated heterocycles. The van der Waals surface area contributed by atoms with E-state index in [1.807, 2.05) is 0 Å². The summed E-state index contributed by atoms with van der Waals surface area (Å²) in [7, 11) is 1.44. The number of amides is 2. The highest BCUT2D eigenvalue weighted by Gasteiger charge is 2.09. The molecule has 7 nitrogen and oxygen atoms in total. The molecular weight excluding hydrogens is 370 g/mol. The predicted molar refractivity (Wildman–Crippen MR) is 104 cm³/mol. The van der Waals surface area contributed by atoms with Gasteiger partial charge in [-0.15, -0.1) is 0 Å². The number of aromatic hydroxyl groups is 1.